The Bertz CT molecular complexity index is 563. The summed E-state index contributed by atoms with van der Waals surface area (Å²) in [6, 6.07) is 6.40. The molecule has 0 aliphatic heterocycles. The fraction of sp³-hybridized carbons (Fsp3) is 0.471. The molecule has 0 unspecified atom stereocenters. The lowest BCUT2D eigenvalue weighted by atomic mass is 10.1. The molecule has 1 N–H and O–H groups in total. The number of hydrogen-bond donors (Lipinski definition) is 1. The van der Waals surface area contributed by atoms with Crippen LogP contribution in [0.25, 0.3) is 0 Å². The normalized spacial score (nSPS) is 10.8. The van der Waals surface area contributed by atoms with Gasteiger partial charge >= 0.3 is 0 Å². The van der Waals surface area contributed by atoms with Crippen LogP contribution in [0, 0.1) is 6.92 Å². The average Bonchev–Trinajstić information content (AvgIpc) is 2.93. The number of rotatable bonds is 8. The van der Waals surface area contributed by atoms with E-state index >= 15 is 0 Å². The highest BCUT2D eigenvalue weighted by Gasteiger charge is 2.08. The zero-order valence-corrected chi connectivity index (χ0v) is 13.2. The van der Waals surface area contributed by atoms with Gasteiger partial charge in [0, 0.05) is 37.8 Å². The first-order chi connectivity index (χ1) is 10.3. The molecule has 0 spiro atoms. The lowest BCUT2D eigenvalue weighted by Crippen LogP contribution is -2.07. The van der Waals surface area contributed by atoms with Crippen molar-refractivity contribution in [2.24, 2.45) is 0 Å². The van der Waals surface area contributed by atoms with Gasteiger partial charge in [0.05, 0.1) is 0 Å². The number of para-hydroxylation sites is 1. The molecule has 4 nitrogen and oxygen atoms in total. The predicted molar refractivity (Wildman–Crippen MR) is 87.2 cm³/mol. The van der Waals surface area contributed by atoms with Gasteiger partial charge in [-0.1, -0.05) is 25.1 Å². The number of benzene rings is 1. The molecule has 0 bridgehead atoms. The molecule has 1 aromatic carbocycles. The first-order valence-corrected chi connectivity index (χ1v) is 7.70. The summed E-state index contributed by atoms with van der Waals surface area (Å²) in [5, 5.41) is 3.49. The molecule has 0 atom stereocenters. The van der Waals surface area contributed by atoms with Crippen LogP contribution in [0.2, 0.25) is 0 Å². The number of aromatic nitrogens is 2. The van der Waals surface area contributed by atoms with Gasteiger partial charge < -0.3 is 14.6 Å². The highest BCUT2D eigenvalue weighted by atomic mass is 16.5. The van der Waals surface area contributed by atoms with E-state index in [1.807, 2.05) is 19.3 Å². The summed E-state index contributed by atoms with van der Waals surface area (Å²) in [7, 11) is 0. The first-order valence-electron chi connectivity index (χ1n) is 7.70. The molecule has 114 valence electrons. The maximum atomic E-state index is 5.39. The van der Waals surface area contributed by atoms with Crippen LogP contribution in [-0.2, 0) is 17.7 Å². The zero-order chi connectivity index (χ0) is 15.1. The van der Waals surface area contributed by atoms with Crippen LogP contribution in [-0.4, -0.2) is 22.8 Å². The van der Waals surface area contributed by atoms with E-state index in [1.54, 1.807) is 0 Å². The van der Waals surface area contributed by atoms with Crippen molar-refractivity contribution < 1.29 is 4.74 Å². The minimum absolute atomic E-state index is 0.776. The Hall–Kier alpha value is -1.81. The number of nitrogens with one attached hydrogen (secondary N) is 1. The Labute approximate surface area is 127 Å². The quantitative estimate of drug-likeness (QED) is 0.748. The van der Waals surface area contributed by atoms with Crippen LogP contribution in [0.4, 0.5) is 11.6 Å². The Morgan fingerprint density at radius 2 is 2.14 bits per heavy atom. The third-order valence-electron chi connectivity index (χ3n) is 3.58. The number of nitrogens with zero attached hydrogens (tertiary/aromatic N) is 2. The second-order valence-corrected chi connectivity index (χ2v) is 5.08. The van der Waals surface area contributed by atoms with Crippen molar-refractivity contribution >= 4 is 11.6 Å². The van der Waals surface area contributed by atoms with Crippen molar-refractivity contribution in [2.75, 3.05) is 18.5 Å². The van der Waals surface area contributed by atoms with Crippen LogP contribution in [0.15, 0.2) is 30.6 Å². The third kappa shape index (κ3) is 4.08. The van der Waals surface area contributed by atoms with Crippen molar-refractivity contribution in [3.63, 3.8) is 0 Å². The molecule has 4 heteroatoms. The van der Waals surface area contributed by atoms with E-state index in [-0.39, 0.29) is 0 Å². The van der Waals surface area contributed by atoms with Gasteiger partial charge in [-0.2, -0.15) is 0 Å². The van der Waals surface area contributed by atoms with Crippen LogP contribution >= 0.6 is 0 Å². The molecule has 0 saturated heterocycles. The third-order valence-corrected chi connectivity index (χ3v) is 3.58. The minimum atomic E-state index is 0.776. The van der Waals surface area contributed by atoms with E-state index in [0.717, 1.165) is 38.5 Å². The van der Waals surface area contributed by atoms with Gasteiger partial charge in [-0.05, 0) is 37.8 Å². The van der Waals surface area contributed by atoms with E-state index in [1.165, 1.54) is 16.8 Å². The molecular weight excluding hydrogens is 262 g/mol. The summed E-state index contributed by atoms with van der Waals surface area (Å²) in [5.41, 5.74) is 3.74. The monoisotopic (exact) mass is 287 g/mol. The van der Waals surface area contributed by atoms with Crippen molar-refractivity contribution in [3.8, 4) is 0 Å². The van der Waals surface area contributed by atoms with E-state index in [4.69, 9.17) is 4.74 Å². The van der Waals surface area contributed by atoms with E-state index in [9.17, 15) is 0 Å². The van der Waals surface area contributed by atoms with Crippen LogP contribution in [0.3, 0.4) is 0 Å². The summed E-state index contributed by atoms with van der Waals surface area (Å²) in [6.07, 6.45) is 5.85. The van der Waals surface area contributed by atoms with Crippen molar-refractivity contribution in [3.05, 3.63) is 41.7 Å². The van der Waals surface area contributed by atoms with Gasteiger partial charge in [-0.3, -0.25) is 0 Å². The van der Waals surface area contributed by atoms with Crippen molar-refractivity contribution in [1.82, 2.24) is 9.55 Å². The molecule has 1 aromatic heterocycles. The molecule has 0 aliphatic rings. The molecular formula is C17H25N3O. The fourth-order valence-corrected chi connectivity index (χ4v) is 2.41. The zero-order valence-electron chi connectivity index (χ0n) is 13.2. The van der Waals surface area contributed by atoms with Gasteiger partial charge in [-0.15, -0.1) is 0 Å². The van der Waals surface area contributed by atoms with E-state index < -0.39 is 0 Å². The number of ether oxygens (including phenoxy) is 1. The molecule has 2 rings (SSSR count). The topological polar surface area (TPSA) is 39.1 Å². The Balaban J connectivity index is 2.08. The van der Waals surface area contributed by atoms with E-state index in [2.05, 4.69) is 46.9 Å². The smallest absolute Gasteiger partial charge is 0.207 e. The minimum Gasteiger partial charge on any atom is -0.382 e. The Morgan fingerprint density at radius 1 is 1.29 bits per heavy atom. The molecule has 0 amide bonds. The van der Waals surface area contributed by atoms with Gasteiger partial charge in [0.15, 0.2) is 0 Å². The SMILES string of the molecule is CCOCCCn1ccnc1Nc1c(C)cccc1CC. The maximum absolute atomic E-state index is 5.39. The number of aryl methyl sites for hydroxylation is 3. The molecule has 1 heterocycles. The van der Waals surface area contributed by atoms with E-state index in [0.29, 0.717) is 0 Å². The lowest BCUT2D eigenvalue weighted by Gasteiger charge is -2.15. The Kier molecular flexibility index (Phi) is 5.81. The largest absolute Gasteiger partial charge is 0.382 e. The standard InChI is InChI=1S/C17H25N3O/c1-4-15-9-6-8-14(3)16(15)19-17-18-10-12-20(17)11-7-13-21-5-2/h6,8-10,12H,4-5,7,11,13H2,1-3H3,(H,18,19). The summed E-state index contributed by atoms with van der Waals surface area (Å²) in [4.78, 5) is 4.44. The molecule has 0 fully saturated rings. The lowest BCUT2D eigenvalue weighted by molar-refractivity contribution is 0.142. The van der Waals surface area contributed by atoms with Crippen LogP contribution in [0.5, 0.6) is 0 Å². The molecule has 0 aliphatic carbocycles. The second kappa shape index (κ2) is 7.84. The van der Waals surface area contributed by atoms with Gasteiger partial charge in [-0.25, -0.2) is 4.98 Å². The maximum Gasteiger partial charge on any atom is 0.207 e. The number of anilines is 2. The van der Waals surface area contributed by atoms with Crippen molar-refractivity contribution in [2.45, 2.75) is 40.2 Å². The Morgan fingerprint density at radius 3 is 2.90 bits per heavy atom. The summed E-state index contributed by atoms with van der Waals surface area (Å²) in [6.45, 7) is 8.81. The number of hydrogen-bond acceptors (Lipinski definition) is 3. The molecule has 2 aromatic rings. The van der Waals surface area contributed by atoms with Gasteiger partial charge in [0.1, 0.15) is 0 Å². The average molecular weight is 287 g/mol. The molecule has 0 saturated carbocycles. The highest BCUT2D eigenvalue weighted by molar-refractivity contribution is 5.63. The van der Waals surface area contributed by atoms with Gasteiger partial charge in [0.2, 0.25) is 5.95 Å². The number of imidazole rings is 1. The summed E-state index contributed by atoms with van der Waals surface area (Å²) >= 11 is 0. The summed E-state index contributed by atoms with van der Waals surface area (Å²) < 4.78 is 7.54. The molecule has 21 heavy (non-hydrogen) atoms. The second-order valence-electron chi connectivity index (χ2n) is 5.08. The summed E-state index contributed by atoms with van der Waals surface area (Å²) in [5.74, 6) is 0.899. The van der Waals surface area contributed by atoms with Crippen LogP contribution < -0.4 is 5.32 Å². The molecule has 0 radical (unpaired) electrons. The van der Waals surface area contributed by atoms with Crippen molar-refractivity contribution in [1.29, 1.82) is 0 Å². The fourth-order valence-electron chi connectivity index (χ4n) is 2.41. The van der Waals surface area contributed by atoms with Crippen LogP contribution in [0.1, 0.15) is 31.4 Å². The highest BCUT2D eigenvalue weighted by Crippen LogP contribution is 2.24. The predicted octanol–water partition coefficient (Wildman–Crippen LogP) is 3.92. The first kappa shape index (κ1) is 15.6. The van der Waals surface area contributed by atoms with Gasteiger partial charge in [0.25, 0.3) is 0 Å².